The van der Waals surface area contributed by atoms with E-state index in [1.165, 1.54) is 9.75 Å². The number of hydrogen-bond donors (Lipinski definition) is 0. The lowest BCUT2D eigenvalue weighted by Gasteiger charge is -2.04. The van der Waals surface area contributed by atoms with E-state index in [2.05, 4.69) is 66.3 Å². The van der Waals surface area contributed by atoms with Gasteiger partial charge in [0.15, 0.2) is 0 Å². The molecule has 3 nitrogen and oxygen atoms in total. The second-order valence-corrected chi connectivity index (χ2v) is 9.79. The van der Waals surface area contributed by atoms with Crippen LogP contribution >= 0.6 is 22.7 Å². The van der Waals surface area contributed by atoms with Crippen LogP contribution in [0.3, 0.4) is 0 Å². The number of aromatic nitrogens is 1. The van der Waals surface area contributed by atoms with E-state index >= 15 is 0 Å². The SMILES string of the molecule is Cc1ccc(C=Nc2ccc3cc4ccc(N=Cc5ccc(C)s5)cc4nc3c2)s1. The number of fused-ring (bicyclic) bond motifs is 2. The average Bonchev–Trinajstić information content (AvgIpc) is 3.36. The van der Waals surface area contributed by atoms with Crippen molar-refractivity contribution in [2.45, 2.75) is 13.8 Å². The van der Waals surface area contributed by atoms with E-state index in [4.69, 9.17) is 4.98 Å². The minimum atomic E-state index is 0.905. The van der Waals surface area contributed by atoms with Gasteiger partial charge >= 0.3 is 0 Å². The van der Waals surface area contributed by atoms with E-state index in [9.17, 15) is 0 Å². The molecule has 0 aliphatic rings. The third kappa shape index (κ3) is 4.08. The fourth-order valence-corrected chi connectivity index (χ4v) is 4.78. The highest BCUT2D eigenvalue weighted by Crippen LogP contribution is 2.27. The summed E-state index contributed by atoms with van der Waals surface area (Å²) in [5, 5.41) is 2.22. The van der Waals surface area contributed by atoms with E-state index in [1.54, 1.807) is 22.7 Å². The Balaban J connectivity index is 1.47. The minimum Gasteiger partial charge on any atom is -0.255 e. The first-order valence-electron chi connectivity index (χ1n) is 9.68. The molecule has 0 aliphatic carbocycles. The maximum Gasteiger partial charge on any atom is 0.0731 e. The van der Waals surface area contributed by atoms with Crippen molar-refractivity contribution < 1.29 is 0 Å². The monoisotopic (exact) mass is 425 g/mol. The lowest BCUT2D eigenvalue weighted by Crippen LogP contribution is -1.83. The Bertz CT molecular complexity index is 1320. The third-order valence-electron chi connectivity index (χ3n) is 4.78. The van der Waals surface area contributed by atoms with Gasteiger partial charge in [0, 0.05) is 42.7 Å². The van der Waals surface area contributed by atoms with Crippen LogP contribution in [0.5, 0.6) is 0 Å². The quantitative estimate of drug-likeness (QED) is 0.215. The number of thiophene rings is 2. The molecule has 0 atom stereocenters. The van der Waals surface area contributed by atoms with Crippen molar-refractivity contribution in [2.24, 2.45) is 9.98 Å². The molecule has 0 saturated heterocycles. The fourth-order valence-electron chi connectivity index (χ4n) is 3.28. The van der Waals surface area contributed by atoms with Crippen LogP contribution in [0.25, 0.3) is 21.8 Å². The highest BCUT2D eigenvalue weighted by Gasteiger charge is 2.03. The van der Waals surface area contributed by atoms with Crippen LogP contribution in [0.2, 0.25) is 0 Å². The molecule has 0 saturated carbocycles. The highest BCUT2D eigenvalue weighted by molar-refractivity contribution is 7.13. The Kier molecular flexibility index (Phi) is 4.99. The Morgan fingerprint density at radius 3 is 1.57 bits per heavy atom. The van der Waals surface area contributed by atoms with E-state index in [1.807, 2.05) is 36.7 Å². The zero-order chi connectivity index (χ0) is 20.5. The molecule has 5 heteroatoms. The molecule has 146 valence electrons. The molecule has 0 radical (unpaired) electrons. The average molecular weight is 426 g/mol. The van der Waals surface area contributed by atoms with Gasteiger partial charge in [-0.2, -0.15) is 0 Å². The number of aliphatic imine (C=N–C) groups is 2. The van der Waals surface area contributed by atoms with Gasteiger partial charge in [-0.3, -0.25) is 9.98 Å². The van der Waals surface area contributed by atoms with Gasteiger partial charge in [-0.25, -0.2) is 4.98 Å². The van der Waals surface area contributed by atoms with Gasteiger partial charge in [0.1, 0.15) is 0 Å². The van der Waals surface area contributed by atoms with Gasteiger partial charge in [-0.15, -0.1) is 22.7 Å². The van der Waals surface area contributed by atoms with E-state index in [-0.39, 0.29) is 0 Å². The largest absolute Gasteiger partial charge is 0.255 e. The van der Waals surface area contributed by atoms with Crippen LogP contribution in [0.4, 0.5) is 11.4 Å². The molecular weight excluding hydrogens is 406 g/mol. The summed E-state index contributed by atoms with van der Waals surface area (Å²) in [7, 11) is 0. The molecule has 5 rings (SSSR count). The lowest BCUT2D eigenvalue weighted by atomic mass is 10.1. The molecule has 0 amide bonds. The molecule has 3 aromatic heterocycles. The molecule has 5 aromatic rings. The number of benzene rings is 2. The smallest absolute Gasteiger partial charge is 0.0731 e. The van der Waals surface area contributed by atoms with Crippen molar-refractivity contribution in [3.05, 3.63) is 86.2 Å². The summed E-state index contributed by atoms with van der Waals surface area (Å²) in [6.07, 6.45) is 3.83. The Morgan fingerprint density at radius 1 is 0.633 bits per heavy atom. The van der Waals surface area contributed by atoms with Crippen molar-refractivity contribution in [1.29, 1.82) is 0 Å². The van der Waals surface area contributed by atoms with Gasteiger partial charge in [0.25, 0.3) is 0 Å². The Labute approximate surface area is 183 Å². The van der Waals surface area contributed by atoms with E-state index < -0.39 is 0 Å². The molecule has 0 spiro atoms. The Hall–Kier alpha value is -3.15. The molecule has 3 heterocycles. The maximum atomic E-state index is 4.87. The number of hydrogen-bond acceptors (Lipinski definition) is 5. The topological polar surface area (TPSA) is 37.6 Å². The van der Waals surface area contributed by atoms with Crippen LogP contribution in [-0.4, -0.2) is 17.4 Å². The molecule has 30 heavy (non-hydrogen) atoms. The van der Waals surface area contributed by atoms with E-state index in [0.717, 1.165) is 42.9 Å². The zero-order valence-electron chi connectivity index (χ0n) is 16.7. The van der Waals surface area contributed by atoms with Gasteiger partial charge in [0.2, 0.25) is 0 Å². The second-order valence-electron chi connectivity index (χ2n) is 7.16. The predicted molar refractivity (Wildman–Crippen MR) is 132 cm³/mol. The summed E-state index contributed by atoms with van der Waals surface area (Å²) in [5.74, 6) is 0. The summed E-state index contributed by atoms with van der Waals surface area (Å²) in [6.45, 7) is 4.21. The molecule has 0 bridgehead atoms. The lowest BCUT2D eigenvalue weighted by molar-refractivity contribution is 1.46. The third-order valence-corrected chi connectivity index (χ3v) is 6.65. The van der Waals surface area contributed by atoms with Crippen molar-refractivity contribution in [1.82, 2.24) is 4.98 Å². The first-order valence-corrected chi connectivity index (χ1v) is 11.3. The zero-order valence-corrected chi connectivity index (χ0v) is 18.3. The van der Waals surface area contributed by atoms with Gasteiger partial charge in [0.05, 0.1) is 22.4 Å². The number of pyridine rings is 1. The molecule has 0 fully saturated rings. The Morgan fingerprint density at radius 2 is 1.13 bits per heavy atom. The number of aryl methyl sites for hydroxylation is 2. The normalized spacial score (nSPS) is 12.1. The highest BCUT2D eigenvalue weighted by atomic mass is 32.1. The first-order chi connectivity index (χ1) is 14.6. The standard InChI is InChI=1S/C25H19N3S2/c1-16-3-9-22(29-16)14-26-20-7-5-18-11-19-6-8-21(13-25(19)28-24(18)12-20)27-15-23-10-4-17(2)30-23/h3-15H,1-2H3. The van der Waals surface area contributed by atoms with Gasteiger partial charge in [-0.1, -0.05) is 12.1 Å². The van der Waals surface area contributed by atoms with E-state index in [0.29, 0.717) is 0 Å². The molecule has 0 aliphatic heterocycles. The van der Waals surface area contributed by atoms with Crippen molar-refractivity contribution in [3.8, 4) is 0 Å². The van der Waals surface area contributed by atoms with Gasteiger partial charge < -0.3 is 0 Å². The van der Waals surface area contributed by atoms with Crippen LogP contribution < -0.4 is 0 Å². The van der Waals surface area contributed by atoms with Gasteiger partial charge in [-0.05, 0) is 68.4 Å². The molecule has 0 unspecified atom stereocenters. The van der Waals surface area contributed by atoms with Crippen molar-refractivity contribution in [2.75, 3.05) is 0 Å². The number of rotatable bonds is 4. The summed E-state index contributed by atoms with van der Waals surface area (Å²) in [5.41, 5.74) is 3.69. The molecular formula is C25H19N3S2. The van der Waals surface area contributed by atoms with Crippen molar-refractivity contribution in [3.63, 3.8) is 0 Å². The minimum absolute atomic E-state index is 0.905. The predicted octanol–water partition coefficient (Wildman–Crippen LogP) is 7.63. The summed E-state index contributed by atoms with van der Waals surface area (Å²) in [6, 6.07) is 22.9. The van der Waals surface area contributed by atoms with Crippen LogP contribution in [0.1, 0.15) is 19.5 Å². The second kappa shape index (κ2) is 7.94. The first kappa shape index (κ1) is 18.9. The van der Waals surface area contributed by atoms with Crippen LogP contribution in [-0.2, 0) is 0 Å². The summed E-state index contributed by atoms with van der Waals surface area (Å²) < 4.78 is 0. The maximum absolute atomic E-state index is 4.87. The van der Waals surface area contributed by atoms with Crippen molar-refractivity contribution >= 4 is 68.3 Å². The molecule has 0 N–H and O–H groups in total. The summed E-state index contributed by atoms with van der Waals surface area (Å²) >= 11 is 3.48. The summed E-state index contributed by atoms with van der Waals surface area (Å²) in [4.78, 5) is 19.0. The fraction of sp³-hybridized carbons (Fsp3) is 0.0800. The van der Waals surface area contributed by atoms with Crippen LogP contribution in [0.15, 0.2) is 76.7 Å². The van der Waals surface area contributed by atoms with Crippen LogP contribution in [0, 0.1) is 13.8 Å². The molecule has 2 aromatic carbocycles. The number of nitrogens with zero attached hydrogens (tertiary/aromatic N) is 3.